The summed E-state index contributed by atoms with van der Waals surface area (Å²) in [7, 11) is 1.63. The third-order valence-corrected chi connectivity index (χ3v) is 6.40. The standard InChI is InChI=1S/C21H23N3O3S/c1-13-14(2)28-20-19(13)21(26)23(12-22-20)11-18(25)24(16-6-7-16)10-15-4-8-17(27-3)9-5-15/h4-5,8-9,12,16H,6-7,10-11H2,1-3H3. The van der Waals surface area contributed by atoms with Gasteiger partial charge >= 0.3 is 0 Å². The van der Waals surface area contributed by atoms with E-state index in [0.29, 0.717) is 11.9 Å². The largest absolute Gasteiger partial charge is 0.497 e. The van der Waals surface area contributed by atoms with Crippen molar-refractivity contribution in [3.63, 3.8) is 0 Å². The van der Waals surface area contributed by atoms with Gasteiger partial charge in [-0.1, -0.05) is 12.1 Å². The highest BCUT2D eigenvalue weighted by Crippen LogP contribution is 2.29. The third kappa shape index (κ3) is 3.54. The summed E-state index contributed by atoms with van der Waals surface area (Å²) in [6.45, 7) is 4.47. The minimum Gasteiger partial charge on any atom is -0.497 e. The monoisotopic (exact) mass is 397 g/mol. The van der Waals surface area contributed by atoms with Gasteiger partial charge in [0.2, 0.25) is 5.91 Å². The van der Waals surface area contributed by atoms with E-state index in [9.17, 15) is 9.59 Å². The van der Waals surface area contributed by atoms with Gasteiger partial charge in [0.1, 0.15) is 17.1 Å². The molecule has 0 saturated heterocycles. The summed E-state index contributed by atoms with van der Waals surface area (Å²) in [4.78, 5) is 34.0. The molecule has 0 unspecified atom stereocenters. The Hall–Kier alpha value is -2.67. The number of aromatic nitrogens is 2. The Morgan fingerprint density at radius 3 is 2.64 bits per heavy atom. The van der Waals surface area contributed by atoms with Crippen LogP contribution in [0, 0.1) is 13.8 Å². The second kappa shape index (κ2) is 7.39. The molecule has 146 valence electrons. The predicted octanol–water partition coefficient (Wildman–Crippen LogP) is 3.27. The van der Waals surface area contributed by atoms with E-state index in [1.807, 2.05) is 43.0 Å². The average molecular weight is 398 g/mol. The number of ether oxygens (including phenoxy) is 1. The second-order valence-corrected chi connectivity index (χ2v) is 8.45. The average Bonchev–Trinajstić information content (AvgIpc) is 3.48. The SMILES string of the molecule is COc1ccc(CN(C(=O)Cn2cnc3sc(C)c(C)c3c2=O)C2CC2)cc1. The Labute approximate surface area is 167 Å². The summed E-state index contributed by atoms with van der Waals surface area (Å²) in [5, 5.41) is 0.630. The van der Waals surface area contributed by atoms with Crippen molar-refractivity contribution in [3.05, 3.63) is 57.0 Å². The lowest BCUT2D eigenvalue weighted by molar-refractivity contribution is -0.133. The van der Waals surface area contributed by atoms with Crippen molar-refractivity contribution in [3.8, 4) is 5.75 Å². The Balaban J connectivity index is 1.56. The van der Waals surface area contributed by atoms with Crippen LogP contribution in [-0.2, 0) is 17.9 Å². The van der Waals surface area contributed by atoms with Gasteiger partial charge in [0.25, 0.3) is 5.56 Å². The van der Waals surface area contributed by atoms with Crippen molar-refractivity contribution in [2.75, 3.05) is 7.11 Å². The van der Waals surface area contributed by atoms with Gasteiger partial charge in [0.15, 0.2) is 0 Å². The first-order valence-electron chi connectivity index (χ1n) is 9.35. The summed E-state index contributed by atoms with van der Waals surface area (Å²) >= 11 is 1.52. The zero-order valence-electron chi connectivity index (χ0n) is 16.3. The van der Waals surface area contributed by atoms with E-state index in [4.69, 9.17) is 4.74 Å². The molecule has 0 radical (unpaired) electrons. The molecule has 0 spiro atoms. The first-order chi connectivity index (χ1) is 13.5. The van der Waals surface area contributed by atoms with Crippen LogP contribution in [0.3, 0.4) is 0 Å². The summed E-state index contributed by atoms with van der Waals surface area (Å²) in [5.74, 6) is 0.742. The van der Waals surface area contributed by atoms with Crippen molar-refractivity contribution in [2.45, 2.75) is 45.8 Å². The van der Waals surface area contributed by atoms with Crippen LogP contribution in [0.5, 0.6) is 5.75 Å². The van der Waals surface area contributed by atoms with Crippen LogP contribution < -0.4 is 10.3 Å². The first kappa shape index (κ1) is 18.7. The van der Waals surface area contributed by atoms with Gasteiger partial charge in [-0.3, -0.25) is 14.2 Å². The highest BCUT2D eigenvalue weighted by molar-refractivity contribution is 7.18. The fourth-order valence-electron chi connectivity index (χ4n) is 3.35. The molecule has 2 heterocycles. The summed E-state index contributed by atoms with van der Waals surface area (Å²) in [6, 6.07) is 7.99. The van der Waals surface area contributed by atoms with Crippen LogP contribution in [0.4, 0.5) is 0 Å². The summed E-state index contributed by atoms with van der Waals surface area (Å²) in [6.07, 6.45) is 3.52. The van der Waals surface area contributed by atoms with E-state index < -0.39 is 0 Å². The fraction of sp³-hybridized carbons (Fsp3) is 0.381. The molecule has 0 bridgehead atoms. The van der Waals surface area contributed by atoms with Crippen LogP contribution >= 0.6 is 11.3 Å². The molecule has 0 N–H and O–H groups in total. The normalized spacial score (nSPS) is 13.7. The number of fused-ring (bicyclic) bond motifs is 1. The zero-order chi connectivity index (χ0) is 19.8. The minimum absolute atomic E-state index is 0.0166. The third-order valence-electron chi connectivity index (χ3n) is 5.28. The predicted molar refractivity (Wildman–Crippen MR) is 110 cm³/mol. The van der Waals surface area contributed by atoms with Gasteiger partial charge in [-0.05, 0) is 49.9 Å². The number of methoxy groups -OCH3 is 1. The lowest BCUT2D eigenvalue weighted by Crippen LogP contribution is -2.37. The van der Waals surface area contributed by atoms with E-state index in [2.05, 4.69) is 4.98 Å². The number of aryl methyl sites for hydroxylation is 2. The molecule has 1 amide bonds. The molecule has 7 heteroatoms. The lowest BCUT2D eigenvalue weighted by Gasteiger charge is -2.23. The Kier molecular flexibility index (Phi) is 4.93. The molecular weight excluding hydrogens is 374 g/mol. The Morgan fingerprint density at radius 2 is 2.00 bits per heavy atom. The van der Waals surface area contributed by atoms with Gasteiger partial charge in [-0.15, -0.1) is 11.3 Å². The number of thiophene rings is 1. The molecule has 0 aliphatic heterocycles. The number of hydrogen-bond acceptors (Lipinski definition) is 5. The van der Waals surface area contributed by atoms with Gasteiger partial charge in [-0.2, -0.15) is 0 Å². The molecule has 1 aliphatic rings. The van der Waals surface area contributed by atoms with Gasteiger partial charge in [0.05, 0.1) is 18.8 Å². The highest BCUT2D eigenvalue weighted by Gasteiger charge is 2.32. The van der Waals surface area contributed by atoms with E-state index in [1.165, 1.54) is 22.2 Å². The first-order valence-corrected chi connectivity index (χ1v) is 10.2. The zero-order valence-corrected chi connectivity index (χ0v) is 17.1. The molecule has 1 fully saturated rings. The van der Waals surface area contributed by atoms with Crippen molar-refractivity contribution in [1.29, 1.82) is 0 Å². The maximum Gasteiger partial charge on any atom is 0.262 e. The van der Waals surface area contributed by atoms with Crippen molar-refractivity contribution >= 4 is 27.5 Å². The van der Waals surface area contributed by atoms with E-state index in [0.717, 1.165) is 39.4 Å². The van der Waals surface area contributed by atoms with Gasteiger partial charge < -0.3 is 9.64 Å². The van der Waals surface area contributed by atoms with E-state index in [-0.39, 0.29) is 24.1 Å². The van der Waals surface area contributed by atoms with E-state index >= 15 is 0 Å². The number of rotatable bonds is 6. The van der Waals surface area contributed by atoms with Crippen LogP contribution in [0.2, 0.25) is 0 Å². The molecule has 0 atom stereocenters. The molecule has 1 aromatic carbocycles. The quantitative estimate of drug-likeness (QED) is 0.640. The van der Waals surface area contributed by atoms with Gasteiger partial charge in [0, 0.05) is 17.5 Å². The van der Waals surface area contributed by atoms with Crippen LogP contribution in [0.1, 0.15) is 28.8 Å². The Morgan fingerprint density at radius 1 is 1.29 bits per heavy atom. The number of nitrogens with zero attached hydrogens (tertiary/aromatic N) is 3. The maximum atomic E-state index is 13.0. The minimum atomic E-state index is -0.139. The molecule has 28 heavy (non-hydrogen) atoms. The number of carbonyl (C=O) groups excluding carboxylic acids is 1. The van der Waals surface area contributed by atoms with Crippen LogP contribution in [-0.4, -0.2) is 33.5 Å². The summed E-state index contributed by atoms with van der Waals surface area (Å²) < 4.78 is 6.63. The van der Waals surface area contributed by atoms with Crippen molar-refractivity contribution in [1.82, 2.24) is 14.5 Å². The Bertz CT molecular complexity index is 1080. The van der Waals surface area contributed by atoms with E-state index in [1.54, 1.807) is 7.11 Å². The molecule has 2 aromatic heterocycles. The smallest absolute Gasteiger partial charge is 0.262 e. The number of amides is 1. The molecule has 1 aliphatic carbocycles. The van der Waals surface area contributed by atoms with Gasteiger partial charge in [-0.25, -0.2) is 4.98 Å². The second-order valence-electron chi connectivity index (χ2n) is 7.24. The highest BCUT2D eigenvalue weighted by atomic mass is 32.1. The van der Waals surface area contributed by atoms with Crippen LogP contribution in [0.25, 0.3) is 10.2 Å². The molecule has 1 saturated carbocycles. The van der Waals surface area contributed by atoms with Crippen molar-refractivity contribution < 1.29 is 9.53 Å². The lowest BCUT2D eigenvalue weighted by atomic mass is 10.2. The molecular formula is C21H23N3O3S. The maximum absolute atomic E-state index is 13.0. The van der Waals surface area contributed by atoms with Crippen molar-refractivity contribution in [2.24, 2.45) is 0 Å². The number of hydrogen-bond donors (Lipinski definition) is 0. The van der Waals surface area contributed by atoms with Crippen LogP contribution in [0.15, 0.2) is 35.4 Å². The molecule has 4 rings (SSSR count). The number of carbonyl (C=O) groups is 1. The number of benzene rings is 1. The summed E-state index contributed by atoms with van der Waals surface area (Å²) in [5.41, 5.74) is 1.86. The molecule has 3 aromatic rings. The molecule has 6 nitrogen and oxygen atoms in total. The fourth-order valence-corrected chi connectivity index (χ4v) is 4.34. The topological polar surface area (TPSA) is 64.4 Å².